The average Bonchev–Trinajstić information content (AvgIpc) is 3.26. The Bertz CT molecular complexity index is 1190. The number of hydrogen-bond donors (Lipinski definition) is 0. The molecule has 1 aromatic carbocycles. The quantitative estimate of drug-likeness (QED) is 0.372. The van der Waals surface area contributed by atoms with Gasteiger partial charge in [0.15, 0.2) is 0 Å². The van der Waals surface area contributed by atoms with Crippen LogP contribution in [0.4, 0.5) is 4.39 Å². The van der Waals surface area contributed by atoms with Gasteiger partial charge in [-0.15, -0.1) is 11.3 Å². The maximum Gasteiger partial charge on any atom is 0.212 e. The molecule has 28 heavy (non-hydrogen) atoms. The van der Waals surface area contributed by atoms with E-state index in [9.17, 15) is 0 Å². The van der Waals surface area contributed by atoms with Gasteiger partial charge in [-0.1, -0.05) is 27.5 Å². The summed E-state index contributed by atoms with van der Waals surface area (Å²) in [5, 5.41) is 1.68. The van der Waals surface area contributed by atoms with E-state index < -0.39 is 6.17 Å². The second-order valence-corrected chi connectivity index (χ2v) is 10.2. The number of halogens is 3. The molecule has 142 valence electrons. The van der Waals surface area contributed by atoms with E-state index in [0.717, 1.165) is 26.0 Å². The van der Waals surface area contributed by atoms with Gasteiger partial charge in [0.1, 0.15) is 11.9 Å². The molecule has 2 unspecified atom stereocenters. The van der Waals surface area contributed by atoms with E-state index in [0.29, 0.717) is 28.7 Å². The van der Waals surface area contributed by atoms with Gasteiger partial charge in [0.05, 0.1) is 21.7 Å². The van der Waals surface area contributed by atoms with Gasteiger partial charge in [0.25, 0.3) is 0 Å². The van der Waals surface area contributed by atoms with Crippen LogP contribution in [-0.4, -0.2) is 10.7 Å². The van der Waals surface area contributed by atoms with E-state index in [1.807, 2.05) is 41.7 Å². The third-order valence-electron chi connectivity index (χ3n) is 5.66. The van der Waals surface area contributed by atoms with Crippen LogP contribution in [0.5, 0.6) is 0 Å². The first-order chi connectivity index (χ1) is 13.6. The number of aromatic nitrogens is 1. The summed E-state index contributed by atoms with van der Waals surface area (Å²) in [5.41, 5.74) is 2.53. The van der Waals surface area contributed by atoms with Crippen LogP contribution >= 0.6 is 38.9 Å². The van der Waals surface area contributed by atoms with Gasteiger partial charge in [0, 0.05) is 26.2 Å². The molecule has 0 N–H and O–H groups in total. The molecular formula is C22H16BrClFNOS. The van der Waals surface area contributed by atoms with Gasteiger partial charge in [-0.2, -0.15) is 0 Å². The predicted octanol–water partition coefficient (Wildman–Crippen LogP) is 7.54. The zero-order chi connectivity index (χ0) is 19.0. The van der Waals surface area contributed by atoms with E-state index >= 15 is 4.39 Å². The molecule has 2 aromatic heterocycles. The largest absolute Gasteiger partial charge is 0.465 e. The minimum atomic E-state index is -1.10. The fraction of sp³-hybridized carbons (Fsp3) is 0.273. The number of nitrogens with zero attached hydrogens (tertiary/aromatic N) is 1. The molecule has 2 nitrogen and oxygen atoms in total. The number of fused-ring (bicyclic) bond motifs is 4. The molecule has 0 bridgehead atoms. The molecule has 1 saturated carbocycles. The number of hydrogen-bond acceptors (Lipinski definition) is 2. The highest BCUT2D eigenvalue weighted by Gasteiger charge is 2.37. The fourth-order valence-electron chi connectivity index (χ4n) is 4.20. The number of allylic oxidation sites excluding steroid dienone is 3. The Kier molecular flexibility index (Phi) is 3.84. The molecule has 1 fully saturated rings. The van der Waals surface area contributed by atoms with E-state index in [-0.39, 0.29) is 6.23 Å². The van der Waals surface area contributed by atoms with Crippen molar-refractivity contribution in [1.82, 2.24) is 4.57 Å². The Morgan fingerprint density at radius 3 is 2.79 bits per heavy atom. The van der Waals surface area contributed by atoms with Crippen LogP contribution < -0.4 is 0 Å². The normalized spacial score (nSPS) is 24.0. The predicted molar refractivity (Wildman–Crippen MR) is 116 cm³/mol. The Morgan fingerprint density at radius 1 is 1.14 bits per heavy atom. The summed E-state index contributed by atoms with van der Waals surface area (Å²) in [4.78, 5) is 2.57. The molecule has 1 aliphatic heterocycles. The Labute approximate surface area is 179 Å². The number of benzene rings is 1. The van der Waals surface area contributed by atoms with Crippen molar-refractivity contribution in [1.29, 1.82) is 0 Å². The summed E-state index contributed by atoms with van der Waals surface area (Å²) in [6.45, 7) is 0. The lowest BCUT2D eigenvalue weighted by molar-refractivity contribution is 0.0958. The SMILES string of the molecule is FC1CC(Br)=CC2=C1c1cc3cc(Cl)ccc3n1C(c1ccc(C3CC3)s1)O2. The highest BCUT2D eigenvalue weighted by Crippen LogP contribution is 2.49. The van der Waals surface area contributed by atoms with E-state index in [4.69, 9.17) is 16.3 Å². The van der Waals surface area contributed by atoms with Crippen LogP contribution in [0.2, 0.25) is 5.02 Å². The Morgan fingerprint density at radius 2 is 1.96 bits per heavy atom. The molecule has 6 rings (SSSR count). The standard InChI is InChI=1S/C22H16BrClFNOS/c23-13-9-15(25)21-17-8-12-7-14(24)3-4-16(12)26(17)22(27-18(21)10-13)20-6-5-19(28-20)11-1-2-11/h3-8,10-11,15,22H,1-2,9H2. The van der Waals surface area contributed by atoms with E-state index in [1.54, 1.807) is 0 Å². The first kappa shape index (κ1) is 17.3. The van der Waals surface area contributed by atoms with E-state index in [1.165, 1.54) is 17.7 Å². The van der Waals surface area contributed by atoms with Crippen molar-refractivity contribution in [2.24, 2.45) is 0 Å². The Balaban J connectivity index is 1.59. The second-order valence-electron chi connectivity index (χ2n) is 7.63. The maximum atomic E-state index is 15.1. The summed E-state index contributed by atoms with van der Waals surface area (Å²) in [6, 6.07) is 12.2. The van der Waals surface area contributed by atoms with E-state index in [2.05, 4.69) is 32.6 Å². The summed E-state index contributed by atoms with van der Waals surface area (Å²) in [7, 11) is 0. The highest BCUT2D eigenvalue weighted by molar-refractivity contribution is 9.11. The first-order valence-electron chi connectivity index (χ1n) is 9.40. The number of ether oxygens (including phenoxy) is 1. The van der Waals surface area contributed by atoms with Crippen LogP contribution in [0.3, 0.4) is 0 Å². The minimum Gasteiger partial charge on any atom is -0.465 e. The molecule has 2 aliphatic carbocycles. The third-order valence-corrected chi connectivity index (χ3v) is 7.73. The van der Waals surface area contributed by atoms with Crippen molar-refractivity contribution < 1.29 is 9.13 Å². The van der Waals surface area contributed by atoms with Crippen molar-refractivity contribution >= 4 is 55.3 Å². The summed E-state index contributed by atoms with van der Waals surface area (Å²) in [5.74, 6) is 1.33. The molecule has 6 heteroatoms. The number of thiophene rings is 1. The topological polar surface area (TPSA) is 14.2 Å². The lowest BCUT2D eigenvalue weighted by atomic mass is 9.97. The highest BCUT2D eigenvalue weighted by atomic mass is 79.9. The van der Waals surface area contributed by atoms with Gasteiger partial charge < -0.3 is 4.74 Å². The monoisotopic (exact) mass is 475 g/mol. The lowest BCUT2D eigenvalue weighted by Crippen LogP contribution is -2.25. The summed E-state index contributed by atoms with van der Waals surface area (Å²) >= 11 is 11.5. The minimum absolute atomic E-state index is 0.299. The third kappa shape index (κ3) is 2.63. The molecule has 3 heterocycles. The van der Waals surface area contributed by atoms with Gasteiger partial charge in [-0.05, 0) is 61.2 Å². The van der Waals surface area contributed by atoms with Gasteiger partial charge >= 0.3 is 0 Å². The van der Waals surface area contributed by atoms with Crippen molar-refractivity contribution in [2.45, 2.75) is 37.6 Å². The number of rotatable bonds is 2. The van der Waals surface area contributed by atoms with Crippen LogP contribution in [-0.2, 0) is 4.74 Å². The molecule has 3 aromatic rings. The molecule has 0 spiro atoms. The maximum absolute atomic E-state index is 15.1. The van der Waals surface area contributed by atoms with Crippen LogP contribution in [0.1, 0.15) is 46.9 Å². The summed E-state index contributed by atoms with van der Waals surface area (Å²) in [6.07, 6.45) is 3.40. The first-order valence-corrected chi connectivity index (χ1v) is 11.4. The average molecular weight is 477 g/mol. The number of alkyl halides is 1. The van der Waals surface area contributed by atoms with Crippen LogP contribution in [0, 0.1) is 0 Å². The molecule has 0 saturated heterocycles. The van der Waals surface area contributed by atoms with Gasteiger partial charge in [-0.3, -0.25) is 4.57 Å². The van der Waals surface area contributed by atoms with Crippen LogP contribution in [0.15, 0.2) is 52.7 Å². The zero-order valence-electron chi connectivity index (χ0n) is 14.8. The lowest BCUT2D eigenvalue weighted by Gasteiger charge is -2.33. The molecule has 2 atom stereocenters. The fourth-order valence-corrected chi connectivity index (χ4v) is 6.08. The zero-order valence-corrected chi connectivity index (χ0v) is 18.0. The molecular weight excluding hydrogens is 461 g/mol. The van der Waals surface area contributed by atoms with Crippen LogP contribution in [0.25, 0.3) is 16.5 Å². The van der Waals surface area contributed by atoms with Crippen molar-refractivity contribution in [3.05, 3.63) is 73.2 Å². The van der Waals surface area contributed by atoms with Gasteiger partial charge in [0.2, 0.25) is 6.23 Å². The Hall–Kier alpha value is -1.56. The molecule has 3 aliphatic rings. The second kappa shape index (κ2) is 6.22. The summed E-state index contributed by atoms with van der Waals surface area (Å²) < 4.78 is 24.4. The van der Waals surface area contributed by atoms with Crippen molar-refractivity contribution in [2.75, 3.05) is 0 Å². The molecule has 0 amide bonds. The van der Waals surface area contributed by atoms with Crippen molar-refractivity contribution in [3.63, 3.8) is 0 Å². The van der Waals surface area contributed by atoms with Crippen molar-refractivity contribution in [3.8, 4) is 0 Å². The smallest absolute Gasteiger partial charge is 0.212 e. The molecule has 0 radical (unpaired) electrons. The van der Waals surface area contributed by atoms with Gasteiger partial charge in [-0.25, -0.2) is 4.39 Å².